The number of esters is 1. The van der Waals surface area contributed by atoms with Gasteiger partial charge in [-0.15, -0.1) is 11.3 Å². The van der Waals surface area contributed by atoms with Crippen LogP contribution in [-0.4, -0.2) is 68.4 Å². The normalized spacial score (nSPS) is 16.1. The van der Waals surface area contributed by atoms with Crippen LogP contribution in [0.2, 0.25) is 0 Å². The molecule has 10 nitrogen and oxygen atoms in total. The molecule has 2 amide bonds. The molecule has 1 saturated carbocycles. The second-order valence-corrected chi connectivity index (χ2v) is 12.7. The van der Waals surface area contributed by atoms with Gasteiger partial charge < -0.3 is 19.7 Å². The molecule has 0 unspecified atom stereocenters. The summed E-state index contributed by atoms with van der Waals surface area (Å²) in [5.41, 5.74) is 1.30. The third-order valence-corrected chi connectivity index (χ3v) is 10.2. The minimum absolute atomic E-state index is 0.0161. The van der Waals surface area contributed by atoms with Crippen molar-refractivity contribution in [2.75, 3.05) is 32.1 Å². The zero-order chi connectivity index (χ0) is 28.2. The fourth-order valence-corrected chi connectivity index (χ4v) is 7.70. The van der Waals surface area contributed by atoms with Crippen molar-refractivity contribution in [3.05, 3.63) is 45.8 Å². The van der Waals surface area contributed by atoms with Crippen molar-refractivity contribution >= 4 is 44.3 Å². The third kappa shape index (κ3) is 6.28. The number of sulfonamides is 1. The average Bonchev–Trinajstić information content (AvgIpc) is 3.30. The fourth-order valence-electron chi connectivity index (χ4n) is 5.04. The van der Waals surface area contributed by atoms with E-state index in [1.54, 1.807) is 25.8 Å². The summed E-state index contributed by atoms with van der Waals surface area (Å²) in [5.74, 6) is -1.02. The van der Waals surface area contributed by atoms with Crippen LogP contribution >= 0.6 is 11.3 Å². The Bertz CT molecular complexity index is 1320. The number of hydrogen-bond donors (Lipinski definition) is 1. The Balaban J connectivity index is 1.54. The molecule has 1 aliphatic carbocycles. The highest BCUT2D eigenvalue weighted by Gasteiger charge is 2.32. The molecule has 1 N–H and O–H groups in total. The lowest BCUT2D eigenvalue weighted by Crippen LogP contribution is -2.38. The summed E-state index contributed by atoms with van der Waals surface area (Å²) in [5, 5.41) is 3.15. The Kier molecular flexibility index (Phi) is 9.29. The topological polar surface area (TPSA) is 122 Å². The van der Waals surface area contributed by atoms with Gasteiger partial charge in [0.25, 0.3) is 5.91 Å². The Morgan fingerprint density at radius 1 is 1.05 bits per heavy atom. The first-order chi connectivity index (χ1) is 18.7. The SMILES string of the molecule is CCOC(=O)c1c(NC(=O)c2ccc(S(=O)(=O)N(C)C3CCCCC3)cc2)sc2c1CCN(C(=O)OCC)C2. The van der Waals surface area contributed by atoms with Gasteiger partial charge in [-0.3, -0.25) is 4.79 Å². The highest BCUT2D eigenvalue weighted by Crippen LogP contribution is 2.38. The first-order valence-corrected chi connectivity index (χ1v) is 15.6. The molecule has 1 aromatic carbocycles. The van der Waals surface area contributed by atoms with Gasteiger partial charge in [-0.1, -0.05) is 19.3 Å². The predicted molar refractivity (Wildman–Crippen MR) is 148 cm³/mol. The summed E-state index contributed by atoms with van der Waals surface area (Å²) < 4.78 is 38.1. The lowest BCUT2D eigenvalue weighted by Gasteiger charge is -2.30. The van der Waals surface area contributed by atoms with E-state index in [0.717, 1.165) is 42.5 Å². The van der Waals surface area contributed by atoms with E-state index in [9.17, 15) is 22.8 Å². The number of thiophene rings is 1. The first kappa shape index (κ1) is 29.0. The highest BCUT2D eigenvalue weighted by molar-refractivity contribution is 7.89. The summed E-state index contributed by atoms with van der Waals surface area (Å²) in [4.78, 5) is 40.7. The lowest BCUT2D eigenvalue weighted by molar-refractivity contribution is 0.0526. The van der Waals surface area contributed by atoms with Crippen molar-refractivity contribution < 1.29 is 32.3 Å². The molecule has 1 aromatic heterocycles. The molecule has 2 aliphatic rings. The lowest BCUT2D eigenvalue weighted by atomic mass is 9.96. The predicted octanol–water partition coefficient (Wildman–Crippen LogP) is 4.64. The maximum absolute atomic E-state index is 13.2. The second kappa shape index (κ2) is 12.5. The number of fused-ring (bicyclic) bond motifs is 1. The Morgan fingerprint density at radius 3 is 2.36 bits per heavy atom. The molecule has 12 heteroatoms. The van der Waals surface area contributed by atoms with Crippen molar-refractivity contribution in [3.8, 4) is 0 Å². The molecule has 1 aliphatic heterocycles. The number of benzene rings is 1. The highest BCUT2D eigenvalue weighted by atomic mass is 32.2. The molecule has 1 fully saturated rings. The summed E-state index contributed by atoms with van der Waals surface area (Å²) in [6, 6.07) is 5.80. The van der Waals surface area contributed by atoms with Crippen molar-refractivity contribution in [2.24, 2.45) is 0 Å². The summed E-state index contributed by atoms with van der Waals surface area (Å²) in [6.45, 7) is 4.53. The van der Waals surface area contributed by atoms with E-state index in [2.05, 4.69) is 5.32 Å². The van der Waals surface area contributed by atoms with Crippen molar-refractivity contribution in [1.82, 2.24) is 9.21 Å². The van der Waals surface area contributed by atoms with Crippen LogP contribution in [0.25, 0.3) is 0 Å². The van der Waals surface area contributed by atoms with E-state index in [0.29, 0.717) is 23.5 Å². The monoisotopic (exact) mass is 577 g/mol. The van der Waals surface area contributed by atoms with Crippen LogP contribution in [0.15, 0.2) is 29.2 Å². The van der Waals surface area contributed by atoms with Crippen LogP contribution in [0.4, 0.5) is 9.80 Å². The average molecular weight is 578 g/mol. The van der Waals surface area contributed by atoms with E-state index in [1.165, 1.54) is 39.9 Å². The van der Waals surface area contributed by atoms with E-state index in [1.807, 2.05) is 0 Å². The molecule has 0 bridgehead atoms. The van der Waals surface area contributed by atoms with Gasteiger partial charge in [0.1, 0.15) is 5.00 Å². The number of anilines is 1. The van der Waals surface area contributed by atoms with Gasteiger partial charge in [-0.25, -0.2) is 18.0 Å². The Morgan fingerprint density at radius 2 is 1.72 bits per heavy atom. The molecule has 39 heavy (non-hydrogen) atoms. The minimum Gasteiger partial charge on any atom is -0.462 e. The summed E-state index contributed by atoms with van der Waals surface area (Å²) >= 11 is 1.22. The van der Waals surface area contributed by atoms with Crippen LogP contribution in [0, 0.1) is 0 Å². The van der Waals surface area contributed by atoms with Gasteiger partial charge in [-0.2, -0.15) is 4.31 Å². The zero-order valence-corrected chi connectivity index (χ0v) is 24.2. The number of nitrogens with one attached hydrogen (secondary N) is 1. The molecular formula is C27H35N3O7S2. The summed E-state index contributed by atoms with van der Waals surface area (Å²) in [6.07, 6.45) is 4.86. The standard InChI is InChI=1S/C27H35N3O7S2/c1-4-36-26(32)23-21-15-16-30(27(33)37-5-2)17-22(21)38-25(23)28-24(31)18-11-13-20(14-12-18)39(34,35)29(3)19-9-7-6-8-10-19/h11-14,19H,4-10,15-17H2,1-3H3,(H,28,31). The number of hydrogen-bond acceptors (Lipinski definition) is 8. The van der Waals surface area contributed by atoms with E-state index < -0.39 is 28.0 Å². The van der Waals surface area contributed by atoms with Crippen LogP contribution in [0.3, 0.4) is 0 Å². The smallest absolute Gasteiger partial charge is 0.410 e. The van der Waals surface area contributed by atoms with E-state index >= 15 is 0 Å². The largest absolute Gasteiger partial charge is 0.462 e. The Labute approximate surface area is 233 Å². The molecule has 2 heterocycles. The maximum atomic E-state index is 13.2. The quantitative estimate of drug-likeness (QED) is 0.454. The molecule has 4 rings (SSSR count). The number of carbonyl (C=O) groups excluding carboxylic acids is 3. The van der Waals surface area contributed by atoms with Gasteiger partial charge in [0, 0.05) is 30.1 Å². The molecule has 0 atom stereocenters. The van der Waals surface area contributed by atoms with Gasteiger partial charge in [-0.05, 0) is 62.9 Å². The van der Waals surface area contributed by atoms with Crippen molar-refractivity contribution in [2.45, 2.75) is 69.9 Å². The van der Waals surface area contributed by atoms with Gasteiger partial charge in [0.2, 0.25) is 10.0 Å². The molecule has 212 valence electrons. The third-order valence-electron chi connectivity index (χ3n) is 7.17. The number of ether oxygens (including phenoxy) is 2. The minimum atomic E-state index is -3.68. The first-order valence-electron chi connectivity index (χ1n) is 13.3. The molecule has 2 aromatic rings. The number of nitrogens with zero attached hydrogens (tertiary/aromatic N) is 2. The van der Waals surface area contributed by atoms with Crippen molar-refractivity contribution in [3.63, 3.8) is 0 Å². The van der Waals surface area contributed by atoms with Gasteiger partial charge >= 0.3 is 12.1 Å². The molecule has 0 radical (unpaired) electrons. The molecule has 0 spiro atoms. The molecule has 0 saturated heterocycles. The second-order valence-electron chi connectivity index (χ2n) is 9.59. The zero-order valence-electron chi connectivity index (χ0n) is 22.5. The number of amides is 2. The van der Waals surface area contributed by atoms with Crippen LogP contribution < -0.4 is 5.32 Å². The number of carbonyl (C=O) groups is 3. The Hall–Kier alpha value is -2.96. The van der Waals surface area contributed by atoms with Crippen LogP contribution in [-0.2, 0) is 32.5 Å². The van der Waals surface area contributed by atoms with Gasteiger partial charge in [0.15, 0.2) is 0 Å². The molecular weight excluding hydrogens is 542 g/mol. The van der Waals surface area contributed by atoms with Crippen LogP contribution in [0.1, 0.15) is 77.1 Å². The van der Waals surface area contributed by atoms with Gasteiger partial charge in [0.05, 0.1) is 30.2 Å². The fraction of sp³-hybridized carbons (Fsp3) is 0.519. The summed E-state index contributed by atoms with van der Waals surface area (Å²) in [7, 11) is -2.07. The van der Waals surface area contributed by atoms with Crippen LogP contribution in [0.5, 0.6) is 0 Å². The van der Waals surface area contributed by atoms with E-state index in [4.69, 9.17) is 9.47 Å². The van der Waals surface area contributed by atoms with E-state index in [-0.39, 0.29) is 36.3 Å². The maximum Gasteiger partial charge on any atom is 0.410 e. The number of rotatable bonds is 8. The van der Waals surface area contributed by atoms with Crippen molar-refractivity contribution in [1.29, 1.82) is 0 Å².